The Labute approximate surface area is 482 Å². The molecule has 0 saturated heterocycles. The molecule has 14 aromatic rings. The molecule has 0 aliphatic heterocycles. The van der Waals surface area contributed by atoms with Crippen LogP contribution in [0.5, 0.6) is 0 Å². The van der Waals surface area contributed by atoms with Crippen molar-refractivity contribution in [3.63, 3.8) is 0 Å². The number of anilines is 5. The smallest absolute Gasteiger partial charge is 0.0542 e. The first-order valence-electron chi connectivity index (χ1n) is 27.3. The lowest BCUT2D eigenvalue weighted by molar-refractivity contribution is 1.18. The lowest BCUT2D eigenvalue weighted by Gasteiger charge is -2.25. The monoisotopic (exact) mass is 1100 g/mol. The number of fused-ring (bicyclic) bond motifs is 6. The van der Waals surface area contributed by atoms with Crippen LogP contribution in [0.2, 0.25) is 0 Å². The molecule has 1 N–H and O–H groups in total. The van der Waals surface area contributed by atoms with Crippen molar-refractivity contribution in [2.45, 2.75) is 0 Å². The van der Waals surface area contributed by atoms with Crippen LogP contribution in [0.15, 0.2) is 320 Å². The van der Waals surface area contributed by atoms with Crippen molar-refractivity contribution in [1.82, 2.24) is 9.13 Å². The summed E-state index contributed by atoms with van der Waals surface area (Å²) in [6, 6.07) is 110. The zero-order valence-corrected chi connectivity index (χ0v) is 46.1. The minimum absolute atomic E-state index is 1.10. The molecule has 0 radical (unpaired) electrons. The lowest BCUT2D eigenvalue weighted by atomic mass is 10.1. The molecule has 0 fully saturated rings. The standard InChI is InChI=1S/C38H28N2.C24H18N2.C14H11Br/c1-4-12-29(13-5-1)20-21-30-22-24-33(25-23-30)39(31-14-6-2-7-15-31)34-26-27-38-36(28-34)35-18-10-11-19-37(35)40(38)32-16-8-3-9-17-32;1-3-9-18(10-4-1)25-19-15-16-24-22(17-19)21-13-7-8-14-23(21)26(24)20-11-5-2-6-12-20;15-14-10-8-13(9-11-14)7-6-12-4-2-1-3-5-12/h1-28H;1-17,25H;1-11H/b21-20+;;7-6+. The number of nitrogens with one attached hydrogen (secondary N) is 1. The van der Waals surface area contributed by atoms with E-state index in [-0.39, 0.29) is 0 Å². The zero-order valence-electron chi connectivity index (χ0n) is 44.6. The van der Waals surface area contributed by atoms with Crippen molar-refractivity contribution in [3.05, 3.63) is 342 Å². The summed E-state index contributed by atoms with van der Waals surface area (Å²) in [6.45, 7) is 0. The average Bonchev–Trinajstić information content (AvgIpc) is 4.11. The van der Waals surface area contributed by atoms with E-state index in [1.165, 1.54) is 77.2 Å². The van der Waals surface area contributed by atoms with Crippen LogP contribution in [-0.4, -0.2) is 9.13 Å². The van der Waals surface area contributed by atoms with E-state index in [2.05, 4.69) is 320 Å². The van der Waals surface area contributed by atoms with Crippen molar-refractivity contribution in [3.8, 4) is 11.4 Å². The van der Waals surface area contributed by atoms with Crippen molar-refractivity contribution >= 4 is 112 Å². The van der Waals surface area contributed by atoms with Gasteiger partial charge in [0.1, 0.15) is 0 Å². The highest BCUT2D eigenvalue weighted by molar-refractivity contribution is 9.10. The Balaban J connectivity index is 0.000000135. The van der Waals surface area contributed by atoms with Crippen LogP contribution < -0.4 is 10.2 Å². The molecule has 388 valence electrons. The van der Waals surface area contributed by atoms with Crippen LogP contribution in [0.25, 0.3) is 79.3 Å². The number of aromatic nitrogens is 2. The third kappa shape index (κ3) is 12.0. The van der Waals surface area contributed by atoms with Gasteiger partial charge in [0.15, 0.2) is 0 Å². The van der Waals surface area contributed by atoms with Crippen molar-refractivity contribution < 1.29 is 0 Å². The van der Waals surface area contributed by atoms with Gasteiger partial charge in [-0.1, -0.05) is 234 Å². The van der Waals surface area contributed by atoms with E-state index in [1.54, 1.807) is 0 Å². The summed E-state index contributed by atoms with van der Waals surface area (Å²) < 4.78 is 5.80. The van der Waals surface area contributed by atoms with Crippen molar-refractivity contribution in [1.29, 1.82) is 0 Å². The van der Waals surface area contributed by atoms with Crippen molar-refractivity contribution in [2.24, 2.45) is 0 Å². The molecule has 0 atom stereocenters. The molecular formula is C76H57BrN4. The molecule has 4 nitrogen and oxygen atoms in total. The SMILES string of the molecule is Brc1ccc(/C=C/c2ccccc2)cc1.C(=C\c1ccc(N(c2ccccc2)c2ccc3c(c2)c2ccccc2n3-c2ccccc2)cc1)/c1ccccc1.c1ccc(Nc2ccc3c(c2)c2ccccc2n3-c2ccccc2)cc1. The minimum atomic E-state index is 1.10. The molecule has 0 aliphatic rings. The van der Waals surface area contributed by atoms with Crippen LogP contribution in [-0.2, 0) is 0 Å². The molecule has 14 rings (SSSR count). The number of rotatable bonds is 11. The Kier molecular flexibility index (Phi) is 15.7. The molecule has 0 amide bonds. The summed E-state index contributed by atoms with van der Waals surface area (Å²) in [4.78, 5) is 2.33. The van der Waals surface area contributed by atoms with Gasteiger partial charge in [-0.3, -0.25) is 0 Å². The van der Waals surface area contributed by atoms with Crippen LogP contribution in [0.1, 0.15) is 22.3 Å². The number of hydrogen-bond donors (Lipinski definition) is 1. The van der Waals surface area contributed by atoms with Crippen LogP contribution in [0.3, 0.4) is 0 Å². The first kappa shape index (κ1) is 51.6. The van der Waals surface area contributed by atoms with E-state index in [0.29, 0.717) is 0 Å². The molecule has 0 unspecified atom stereocenters. The number of para-hydroxylation sites is 6. The summed E-state index contributed by atoms with van der Waals surface area (Å²) in [5.41, 5.74) is 17.6. The summed E-state index contributed by atoms with van der Waals surface area (Å²) in [7, 11) is 0. The Morgan fingerprint density at radius 1 is 0.272 bits per heavy atom. The molecule has 2 aromatic heterocycles. The van der Waals surface area contributed by atoms with Gasteiger partial charge in [-0.05, 0) is 144 Å². The van der Waals surface area contributed by atoms with E-state index in [9.17, 15) is 0 Å². The van der Waals surface area contributed by atoms with Crippen LogP contribution in [0, 0.1) is 0 Å². The van der Waals surface area contributed by atoms with Gasteiger partial charge in [-0.15, -0.1) is 0 Å². The second-order valence-electron chi connectivity index (χ2n) is 19.6. The normalized spacial score (nSPS) is 11.2. The number of benzene rings is 12. The highest BCUT2D eigenvalue weighted by Gasteiger charge is 2.18. The van der Waals surface area contributed by atoms with E-state index >= 15 is 0 Å². The second kappa shape index (κ2) is 24.6. The molecule has 2 heterocycles. The summed E-state index contributed by atoms with van der Waals surface area (Å²) >= 11 is 3.42. The van der Waals surface area contributed by atoms with Gasteiger partial charge in [-0.25, -0.2) is 0 Å². The van der Waals surface area contributed by atoms with Gasteiger partial charge in [0.25, 0.3) is 0 Å². The number of halogens is 1. The Hall–Kier alpha value is -10.2. The largest absolute Gasteiger partial charge is 0.356 e. The van der Waals surface area contributed by atoms with E-state index in [4.69, 9.17) is 0 Å². The minimum Gasteiger partial charge on any atom is -0.356 e. The van der Waals surface area contributed by atoms with E-state index in [0.717, 1.165) is 32.9 Å². The fourth-order valence-electron chi connectivity index (χ4n) is 10.4. The maximum absolute atomic E-state index is 3.50. The fourth-order valence-corrected chi connectivity index (χ4v) is 10.7. The van der Waals surface area contributed by atoms with Gasteiger partial charge in [0.05, 0.1) is 22.1 Å². The molecule has 0 spiro atoms. The predicted molar refractivity (Wildman–Crippen MR) is 351 cm³/mol. The predicted octanol–water partition coefficient (Wildman–Crippen LogP) is 21.6. The maximum atomic E-state index is 3.50. The van der Waals surface area contributed by atoms with Gasteiger partial charge in [0.2, 0.25) is 0 Å². The van der Waals surface area contributed by atoms with Gasteiger partial charge in [-0.2, -0.15) is 0 Å². The Morgan fingerprint density at radius 2 is 0.630 bits per heavy atom. The molecule has 0 saturated carbocycles. The summed E-state index contributed by atoms with van der Waals surface area (Å²) in [6.07, 6.45) is 8.54. The van der Waals surface area contributed by atoms with Gasteiger partial charge < -0.3 is 19.4 Å². The van der Waals surface area contributed by atoms with Crippen molar-refractivity contribution in [2.75, 3.05) is 10.2 Å². The molecule has 81 heavy (non-hydrogen) atoms. The van der Waals surface area contributed by atoms with E-state index < -0.39 is 0 Å². The quantitative estimate of drug-likeness (QED) is 0.131. The molecule has 0 aliphatic carbocycles. The lowest BCUT2D eigenvalue weighted by Crippen LogP contribution is -2.09. The third-order valence-corrected chi connectivity index (χ3v) is 14.8. The molecule has 5 heteroatoms. The fraction of sp³-hybridized carbons (Fsp3) is 0. The molecular weight excluding hydrogens is 1050 g/mol. The van der Waals surface area contributed by atoms with Gasteiger partial charge >= 0.3 is 0 Å². The second-order valence-corrected chi connectivity index (χ2v) is 20.5. The van der Waals surface area contributed by atoms with Gasteiger partial charge in [0, 0.05) is 65.8 Å². The average molecular weight is 1110 g/mol. The number of nitrogens with zero attached hydrogens (tertiary/aromatic N) is 3. The summed E-state index contributed by atoms with van der Waals surface area (Å²) in [5.74, 6) is 0. The highest BCUT2D eigenvalue weighted by Crippen LogP contribution is 2.40. The van der Waals surface area contributed by atoms with E-state index in [1.807, 2.05) is 54.6 Å². The Morgan fingerprint density at radius 3 is 1.14 bits per heavy atom. The Bertz CT molecular complexity index is 4380. The van der Waals surface area contributed by atoms with Crippen LogP contribution in [0.4, 0.5) is 28.4 Å². The molecule has 12 aromatic carbocycles. The number of hydrogen-bond acceptors (Lipinski definition) is 2. The zero-order chi connectivity index (χ0) is 54.6. The van der Waals surface area contributed by atoms with Crippen LogP contribution >= 0.6 is 15.9 Å². The first-order valence-corrected chi connectivity index (χ1v) is 28.1. The highest BCUT2D eigenvalue weighted by atomic mass is 79.9. The maximum Gasteiger partial charge on any atom is 0.0542 e. The summed E-state index contributed by atoms with van der Waals surface area (Å²) in [5, 5.41) is 8.51. The molecule has 0 bridgehead atoms. The topological polar surface area (TPSA) is 25.1 Å². The first-order chi connectivity index (χ1) is 40.1. The third-order valence-electron chi connectivity index (χ3n) is 14.2.